The third-order valence-electron chi connectivity index (χ3n) is 4.34. The van der Waals surface area contributed by atoms with Gasteiger partial charge in [0.2, 0.25) is 0 Å². The van der Waals surface area contributed by atoms with Crippen molar-refractivity contribution in [1.29, 1.82) is 0 Å². The highest BCUT2D eigenvalue weighted by Crippen LogP contribution is 2.29. The maximum absolute atomic E-state index is 13.1. The first kappa shape index (κ1) is 19.1. The lowest BCUT2D eigenvalue weighted by Crippen LogP contribution is -2.04. The van der Waals surface area contributed by atoms with Gasteiger partial charge in [0, 0.05) is 34.6 Å². The van der Waals surface area contributed by atoms with Gasteiger partial charge in [-0.25, -0.2) is 0 Å². The van der Waals surface area contributed by atoms with E-state index in [1.165, 1.54) is 0 Å². The Bertz CT molecular complexity index is 1080. The van der Waals surface area contributed by atoms with Crippen LogP contribution in [-0.4, -0.2) is 5.78 Å². The Labute approximate surface area is 174 Å². The third kappa shape index (κ3) is 4.59. The summed E-state index contributed by atoms with van der Waals surface area (Å²) < 4.78 is 11.7. The fraction of sp³-hybridized carbons (Fsp3) is 0. The summed E-state index contributed by atoms with van der Waals surface area (Å²) in [4.78, 5) is 13.1. The lowest BCUT2D eigenvalue weighted by atomic mass is 10.0. The van der Waals surface area contributed by atoms with Crippen molar-refractivity contribution >= 4 is 17.2 Å². The summed E-state index contributed by atoms with van der Waals surface area (Å²) >= 11 is 0. The molecule has 5 nitrogen and oxygen atoms in total. The lowest BCUT2D eigenvalue weighted by molar-refractivity contribution is 0.103. The standard InChI is InChI=1S/C25H20N2O3/c26-19-11-17(13-23(15-19)29-21-7-3-1-4-8-21)25(28)18-12-20(27)16-24(14-18)30-22-9-5-2-6-10-22/h1-16H,26-27H2. The summed E-state index contributed by atoms with van der Waals surface area (Å²) in [6.45, 7) is 0. The van der Waals surface area contributed by atoms with Crippen molar-refractivity contribution in [2.45, 2.75) is 0 Å². The van der Waals surface area contributed by atoms with Gasteiger partial charge in [-0.1, -0.05) is 36.4 Å². The Kier molecular flexibility index (Phi) is 5.35. The second-order valence-electron chi connectivity index (χ2n) is 6.74. The predicted octanol–water partition coefficient (Wildman–Crippen LogP) is 5.67. The van der Waals surface area contributed by atoms with Crippen LogP contribution >= 0.6 is 0 Å². The van der Waals surface area contributed by atoms with E-state index < -0.39 is 0 Å². The monoisotopic (exact) mass is 396 g/mol. The maximum Gasteiger partial charge on any atom is 0.193 e. The molecule has 0 radical (unpaired) electrons. The van der Waals surface area contributed by atoms with E-state index in [9.17, 15) is 4.79 Å². The van der Waals surface area contributed by atoms with E-state index in [1.807, 2.05) is 60.7 Å². The molecule has 0 aliphatic rings. The van der Waals surface area contributed by atoms with Crippen molar-refractivity contribution in [1.82, 2.24) is 0 Å². The number of rotatable bonds is 6. The highest BCUT2D eigenvalue weighted by molar-refractivity contribution is 6.10. The molecule has 4 rings (SSSR count). The van der Waals surface area contributed by atoms with Gasteiger partial charge < -0.3 is 20.9 Å². The number of carbonyl (C=O) groups excluding carboxylic acids is 1. The lowest BCUT2D eigenvalue weighted by Gasteiger charge is -2.11. The van der Waals surface area contributed by atoms with E-state index >= 15 is 0 Å². The van der Waals surface area contributed by atoms with Crippen molar-refractivity contribution in [3.05, 3.63) is 108 Å². The number of para-hydroxylation sites is 2. The normalized spacial score (nSPS) is 10.4. The molecule has 0 fully saturated rings. The largest absolute Gasteiger partial charge is 0.457 e. The van der Waals surface area contributed by atoms with Gasteiger partial charge in [-0.3, -0.25) is 4.79 Å². The van der Waals surface area contributed by atoms with Crippen LogP contribution in [0.25, 0.3) is 0 Å². The fourth-order valence-electron chi connectivity index (χ4n) is 3.04. The molecule has 0 bridgehead atoms. The summed E-state index contributed by atoms with van der Waals surface area (Å²) in [5.41, 5.74) is 13.7. The minimum atomic E-state index is -0.231. The van der Waals surface area contributed by atoms with E-state index in [1.54, 1.807) is 36.4 Å². The molecule has 0 spiro atoms. The zero-order valence-corrected chi connectivity index (χ0v) is 16.1. The number of anilines is 2. The van der Waals surface area contributed by atoms with Crippen molar-refractivity contribution in [2.75, 3.05) is 11.5 Å². The van der Waals surface area contributed by atoms with Gasteiger partial charge in [-0.05, 0) is 48.5 Å². The van der Waals surface area contributed by atoms with Crippen LogP contribution in [0.1, 0.15) is 15.9 Å². The van der Waals surface area contributed by atoms with Crippen molar-refractivity contribution in [2.24, 2.45) is 0 Å². The number of nitrogens with two attached hydrogens (primary N) is 2. The number of ketones is 1. The Morgan fingerprint density at radius 1 is 0.533 bits per heavy atom. The number of hydrogen-bond donors (Lipinski definition) is 2. The van der Waals surface area contributed by atoms with Gasteiger partial charge in [0.05, 0.1) is 0 Å². The molecule has 0 aliphatic heterocycles. The molecule has 0 saturated carbocycles. The number of benzene rings is 4. The average Bonchev–Trinajstić information content (AvgIpc) is 2.74. The van der Waals surface area contributed by atoms with Crippen LogP contribution in [0.4, 0.5) is 11.4 Å². The van der Waals surface area contributed by atoms with Crippen LogP contribution in [0.2, 0.25) is 0 Å². The van der Waals surface area contributed by atoms with Crippen LogP contribution in [0.3, 0.4) is 0 Å². The summed E-state index contributed by atoms with van der Waals surface area (Å²) in [5.74, 6) is 2.04. The zero-order valence-electron chi connectivity index (χ0n) is 16.1. The van der Waals surface area contributed by atoms with Crippen LogP contribution in [-0.2, 0) is 0 Å². The Morgan fingerprint density at radius 3 is 1.33 bits per heavy atom. The second kappa shape index (κ2) is 8.41. The van der Waals surface area contributed by atoms with E-state index in [2.05, 4.69) is 0 Å². The van der Waals surface area contributed by atoms with Crippen LogP contribution < -0.4 is 20.9 Å². The summed E-state index contributed by atoms with van der Waals surface area (Å²) in [7, 11) is 0. The van der Waals surface area contributed by atoms with Gasteiger partial charge in [-0.2, -0.15) is 0 Å². The van der Waals surface area contributed by atoms with E-state index in [-0.39, 0.29) is 5.78 Å². The Balaban J connectivity index is 1.62. The molecular formula is C25H20N2O3. The molecule has 4 N–H and O–H groups in total. The molecule has 5 heteroatoms. The van der Waals surface area contributed by atoms with E-state index in [0.29, 0.717) is 45.5 Å². The third-order valence-corrected chi connectivity index (χ3v) is 4.34. The Hall–Kier alpha value is -4.25. The van der Waals surface area contributed by atoms with Crippen molar-refractivity contribution in [3.8, 4) is 23.0 Å². The molecule has 148 valence electrons. The van der Waals surface area contributed by atoms with Crippen molar-refractivity contribution in [3.63, 3.8) is 0 Å². The minimum Gasteiger partial charge on any atom is -0.457 e. The highest BCUT2D eigenvalue weighted by Gasteiger charge is 2.14. The zero-order chi connectivity index (χ0) is 20.9. The van der Waals surface area contributed by atoms with Crippen LogP contribution in [0, 0.1) is 0 Å². The summed E-state index contributed by atoms with van der Waals surface area (Å²) in [6, 6.07) is 28.5. The molecule has 0 unspecified atom stereocenters. The molecule has 0 saturated heterocycles. The fourth-order valence-corrected chi connectivity index (χ4v) is 3.04. The number of nitrogen functional groups attached to an aromatic ring is 2. The number of carbonyl (C=O) groups is 1. The van der Waals surface area contributed by atoms with Gasteiger partial charge in [0.25, 0.3) is 0 Å². The average molecular weight is 396 g/mol. The van der Waals surface area contributed by atoms with Gasteiger partial charge in [0.15, 0.2) is 5.78 Å². The SMILES string of the molecule is Nc1cc(Oc2ccccc2)cc(C(=O)c2cc(N)cc(Oc3ccccc3)c2)c1. The van der Waals surface area contributed by atoms with Gasteiger partial charge >= 0.3 is 0 Å². The minimum absolute atomic E-state index is 0.231. The maximum atomic E-state index is 13.1. The molecular weight excluding hydrogens is 376 g/mol. The molecule has 0 atom stereocenters. The van der Waals surface area contributed by atoms with E-state index in [0.717, 1.165) is 0 Å². The molecule has 0 amide bonds. The first-order chi connectivity index (χ1) is 14.6. The second-order valence-corrected chi connectivity index (χ2v) is 6.74. The van der Waals surface area contributed by atoms with Gasteiger partial charge in [0.1, 0.15) is 23.0 Å². The van der Waals surface area contributed by atoms with Gasteiger partial charge in [-0.15, -0.1) is 0 Å². The molecule has 0 aromatic heterocycles. The van der Waals surface area contributed by atoms with Crippen LogP contribution in [0.5, 0.6) is 23.0 Å². The first-order valence-corrected chi connectivity index (χ1v) is 9.38. The smallest absolute Gasteiger partial charge is 0.193 e. The topological polar surface area (TPSA) is 87.6 Å². The molecule has 4 aromatic rings. The summed E-state index contributed by atoms with van der Waals surface area (Å²) in [6.07, 6.45) is 0. The van der Waals surface area contributed by atoms with E-state index in [4.69, 9.17) is 20.9 Å². The highest BCUT2D eigenvalue weighted by atomic mass is 16.5. The quantitative estimate of drug-likeness (QED) is 0.324. The van der Waals surface area contributed by atoms with Crippen molar-refractivity contribution < 1.29 is 14.3 Å². The number of hydrogen-bond acceptors (Lipinski definition) is 5. The molecule has 4 aromatic carbocycles. The first-order valence-electron chi connectivity index (χ1n) is 9.38. The molecule has 30 heavy (non-hydrogen) atoms. The predicted molar refractivity (Wildman–Crippen MR) is 118 cm³/mol. The number of ether oxygens (including phenoxy) is 2. The molecule has 0 aliphatic carbocycles. The Morgan fingerprint density at radius 2 is 0.933 bits per heavy atom. The molecule has 0 heterocycles. The summed E-state index contributed by atoms with van der Waals surface area (Å²) in [5, 5.41) is 0. The van der Waals surface area contributed by atoms with Crippen LogP contribution in [0.15, 0.2) is 97.1 Å².